The number of amides is 1. The highest BCUT2D eigenvalue weighted by atomic mass is 16.3. The average molecular weight is 299 g/mol. The van der Waals surface area contributed by atoms with E-state index < -0.39 is 0 Å². The van der Waals surface area contributed by atoms with E-state index in [0.29, 0.717) is 0 Å². The fourth-order valence-electron chi connectivity index (χ4n) is 3.16. The van der Waals surface area contributed by atoms with E-state index in [1.165, 1.54) is 0 Å². The number of aliphatic hydroxyl groups is 1. The van der Waals surface area contributed by atoms with Gasteiger partial charge in [-0.3, -0.25) is 4.79 Å². The predicted octanol–water partition coefficient (Wildman–Crippen LogP) is 3.32. The van der Waals surface area contributed by atoms with Crippen molar-refractivity contribution in [2.45, 2.75) is 31.7 Å². The highest BCUT2D eigenvalue weighted by Crippen LogP contribution is 2.26. The third-order valence-electron chi connectivity index (χ3n) is 4.30. The Labute approximate surface area is 130 Å². The van der Waals surface area contributed by atoms with E-state index in [9.17, 15) is 4.79 Å². The van der Waals surface area contributed by atoms with Crippen molar-refractivity contribution < 1.29 is 14.3 Å². The zero-order chi connectivity index (χ0) is 15.4. The zero-order valence-electron chi connectivity index (χ0n) is 12.6. The molecular formula is C18H21NO3. The van der Waals surface area contributed by atoms with Gasteiger partial charge >= 0.3 is 0 Å². The number of benzene rings is 1. The monoisotopic (exact) mass is 299 g/mol. The molecule has 1 unspecified atom stereocenters. The van der Waals surface area contributed by atoms with Gasteiger partial charge in [0, 0.05) is 30.3 Å². The molecule has 1 fully saturated rings. The number of nitrogens with zero attached hydrogens (tertiary/aromatic N) is 1. The second-order valence-corrected chi connectivity index (χ2v) is 5.75. The van der Waals surface area contributed by atoms with Crippen LogP contribution >= 0.6 is 0 Å². The van der Waals surface area contributed by atoms with Gasteiger partial charge < -0.3 is 14.4 Å². The minimum atomic E-state index is 0.0887. The number of carbonyl (C=O) groups is 1. The lowest BCUT2D eigenvalue weighted by molar-refractivity contribution is 0.0724. The summed E-state index contributed by atoms with van der Waals surface area (Å²) >= 11 is 0. The second-order valence-electron chi connectivity index (χ2n) is 5.75. The average Bonchev–Trinajstić information content (AvgIpc) is 3.23. The highest BCUT2D eigenvalue weighted by molar-refractivity contribution is 5.95. The van der Waals surface area contributed by atoms with Crippen LogP contribution in [-0.4, -0.2) is 35.1 Å². The topological polar surface area (TPSA) is 53.7 Å². The molecule has 4 heteroatoms. The number of likely N-dealkylation sites (tertiary alicyclic amines) is 1. The first-order valence-corrected chi connectivity index (χ1v) is 7.84. The predicted molar refractivity (Wildman–Crippen MR) is 84.5 cm³/mol. The molecule has 2 heterocycles. The molecule has 2 aromatic rings. The summed E-state index contributed by atoms with van der Waals surface area (Å²) in [6, 6.07) is 9.84. The molecule has 1 aliphatic heterocycles. The van der Waals surface area contributed by atoms with Gasteiger partial charge in [-0.15, -0.1) is 0 Å². The van der Waals surface area contributed by atoms with Gasteiger partial charge in [-0.25, -0.2) is 0 Å². The Bertz CT molecular complexity index is 621. The number of carbonyl (C=O) groups excluding carboxylic acids is 1. The van der Waals surface area contributed by atoms with Crippen molar-refractivity contribution in [1.29, 1.82) is 0 Å². The first-order valence-electron chi connectivity index (χ1n) is 7.84. The maximum Gasteiger partial charge on any atom is 0.254 e. The summed E-state index contributed by atoms with van der Waals surface area (Å²) in [5.41, 5.74) is 2.69. The third-order valence-corrected chi connectivity index (χ3v) is 4.30. The van der Waals surface area contributed by atoms with Crippen LogP contribution in [0.25, 0.3) is 11.1 Å². The molecular weight excluding hydrogens is 278 g/mol. The van der Waals surface area contributed by atoms with Crippen LogP contribution in [0.1, 0.15) is 36.0 Å². The largest absolute Gasteiger partial charge is 0.472 e. The van der Waals surface area contributed by atoms with Crippen molar-refractivity contribution in [2.75, 3.05) is 13.2 Å². The normalized spacial score (nSPS) is 17.9. The van der Waals surface area contributed by atoms with Crippen LogP contribution in [0.5, 0.6) is 0 Å². The molecule has 1 aromatic carbocycles. The lowest BCUT2D eigenvalue weighted by Crippen LogP contribution is -2.35. The summed E-state index contributed by atoms with van der Waals surface area (Å²) in [5.74, 6) is 0.0887. The summed E-state index contributed by atoms with van der Waals surface area (Å²) in [6.07, 6.45) is 7.03. The van der Waals surface area contributed by atoms with E-state index in [2.05, 4.69) is 0 Å². The van der Waals surface area contributed by atoms with Crippen molar-refractivity contribution >= 4 is 5.91 Å². The van der Waals surface area contributed by atoms with Crippen LogP contribution in [0.15, 0.2) is 47.3 Å². The molecule has 22 heavy (non-hydrogen) atoms. The van der Waals surface area contributed by atoms with E-state index in [-0.39, 0.29) is 18.6 Å². The van der Waals surface area contributed by atoms with Crippen LogP contribution in [0.3, 0.4) is 0 Å². The summed E-state index contributed by atoms with van der Waals surface area (Å²) in [6.45, 7) is 0.999. The lowest BCUT2D eigenvalue weighted by atomic mass is 10.0. The van der Waals surface area contributed by atoms with Crippen molar-refractivity contribution in [2.24, 2.45) is 0 Å². The standard InChI is InChI=1S/C18H21NO3/c20-10-3-7-17-6-2-9-19(17)18(21)15-5-1-4-14(12-15)16-8-11-22-13-16/h1,4-5,8,11-13,17,20H,2-3,6-7,9-10H2. The van der Waals surface area contributed by atoms with E-state index >= 15 is 0 Å². The van der Waals surface area contributed by atoms with Gasteiger partial charge in [0.1, 0.15) is 0 Å². The Balaban J connectivity index is 1.78. The van der Waals surface area contributed by atoms with Crippen LogP contribution in [-0.2, 0) is 0 Å². The SMILES string of the molecule is O=C(c1cccc(-c2ccoc2)c1)N1CCCC1CCCO. The molecule has 0 bridgehead atoms. The summed E-state index contributed by atoms with van der Waals surface area (Å²) < 4.78 is 5.11. The van der Waals surface area contributed by atoms with Crippen molar-refractivity contribution in [1.82, 2.24) is 4.90 Å². The second kappa shape index (κ2) is 6.79. The van der Waals surface area contributed by atoms with Gasteiger partial charge in [-0.1, -0.05) is 12.1 Å². The quantitative estimate of drug-likeness (QED) is 0.921. The zero-order valence-corrected chi connectivity index (χ0v) is 12.6. The number of hydrogen-bond acceptors (Lipinski definition) is 3. The Morgan fingerprint density at radius 3 is 3.00 bits per heavy atom. The van der Waals surface area contributed by atoms with Crippen molar-refractivity contribution in [3.63, 3.8) is 0 Å². The first kappa shape index (κ1) is 14.9. The minimum absolute atomic E-state index is 0.0887. The molecule has 1 amide bonds. The maximum absolute atomic E-state index is 12.8. The van der Waals surface area contributed by atoms with Gasteiger partial charge in [-0.2, -0.15) is 0 Å². The fourth-order valence-corrected chi connectivity index (χ4v) is 3.16. The molecule has 3 rings (SSSR count). The Kier molecular flexibility index (Phi) is 4.59. The molecule has 0 aliphatic carbocycles. The molecule has 1 N–H and O–H groups in total. The van der Waals surface area contributed by atoms with Gasteiger partial charge in [0.15, 0.2) is 0 Å². The first-order chi connectivity index (χ1) is 10.8. The molecule has 1 saturated heterocycles. The van der Waals surface area contributed by atoms with E-state index in [1.807, 2.05) is 35.2 Å². The van der Waals surface area contributed by atoms with Gasteiger partial charge in [0.2, 0.25) is 0 Å². The van der Waals surface area contributed by atoms with Gasteiger partial charge in [0.25, 0.3) is 5.91 Å². The Morgan fingerprint density at radius 2 is 2.23 bits per heavy atom. The maximum atomic E-state index is 12.8. The van der Waals surface area contributed by atoms with E-state index in [1.54, 1.807) is 12.5 Å². The molecule has 0 saturated carbocycles. The van der Waals surface area contributed by atoms with Crippen LogP contribution in [0.2, 0.25) is 0 Å². The van der Waals surface area contributed by atoms with E-state index in [0.717, 1.165) is 48.9 Å². The Hall–Kier alpha value is -2.07. The molecule has 0 radical (unpaired) electrons. The highest BCUT2D eigenvalue weighted by Gasteiger charge is 2.28. The molecule has 4 nitrogen and oxygen atoms in total. The molecule has 116 valence electrons. The lowest BCUT2D eigenvalue weighted by Gasteiger charge is -2.24. The number of furan rings is 1. The van der Waals surface area contributed by atoms with Gasteiger partial charge in [0.05, 0.1) is 12.5 Å². The molecule has 0 spiro atoms. The smallest absolute Gasteiger partial charge is 0.254 e. The fraction of sp³-hybridized carbons (Fsp3) is 0.389. The molecule has 1 aromatic heterocycles. The van der Waals surface area contributed by atoms with Gasteiger partial charge in [-0.05, 0) is 49.4 Å². The molecule has 1 aliphatic rings. The summed E-state index contributed by atoms with van der Waals surface area (Å²) in [5, 5.41) is 9.00. The Morgan fingerprint density at radius 1 is 1.32 bits per heavy atom. The number of rotatable bonds is 5. The third kappa shape index (κ3) is 3.07. The van der Waals surface area contributed by atoms with Crippen LogP contribution in [0.4, 0.5) is 0 Å². The minimum Gasteiger partial charge on any atom is -0.472 e. The summed E-state index contributed by atoms with van der Waals surface area (Å²) in [7, 11) is 0. The summed E-state index contributed by atoms with van der Waals surface area (Å²) in [4.78, 5) is 14.7. The van der Waals surface area contributed by atoms with E-state index in [4.69, 9.17) is 9.52 Å². The van der Waals surface area contributed by atoms with Crippen molar-refractivity contribution in [3.05, 3.63) is 48.4 Å². The number of aliphatic hydroxyl groups excluding tert-OH is 1. The van der Waals surface area contributed by atoms with Crippen LogP contribution in [0, 0.1) is 0 Å². The molecule has 1 atom stereocenters. The van der Waals surface area contributed by atoms with Crippen LogP contribution < -0.4 is 0 Å². The number of hydrogen-bond donors (Lipinski definition) is 1. The van der Waals surface area contributed by atoms with Crippen molar-refractivity contribution in [3.8, 4) is 11.1 Å².